The summed E-state index contributed by atoms with van der Waals surface area (Å²) >= 11 is 0. The van der Waals surface area contributed by atoms with Crippen molar-refractivity contribution in [2.45, 2.75) is 20.4 Å². The second-order valence-corrected chi connectivity index (χ2v) is 3.22. The summed E-state index contributed by atoms with van der Waals surface area (Å²) in [5, 5.41) is 2.81. The minimum Gasteiger partial charge on any atom is -0.348 e. The van der Waals surface area contributed by atoms with E-state index in [9.17, 15) is 4.79 Å². The van der Waals surface area contributed by atoms with Gasteiger partial charge in [-0.2, -0.15) is 0 Å². The molecule has 0 fully saturated rings. The molecule has 1 N–H and O–H groups in total. The number of amides is 1. The number of nitrogens with one attached hydrogen (secondary N) is 1. The first-order valence-corrected chi connectivity index (χ1v) is 4.07. The Hall–Kier alpha value is -1.31. The van der Waals surface area contributed by atoms with Crippen LogP contribution in [-0.2, 0) is 6.54 Å². The van der Waals surface area contributed by atoms with Crippen molar-refractivity contribution in [1.82, 2.24) is 5.32 Å². The van der Waals surface area contributed by atoms with E-state index >= 15 is 0 Å². The zero-order valence-corrected chi connectivity index (χ0v) is 7.27. The van der Waals surface area contributed by atoms with Gasteiger partial charge in [0.05, 0.1) is 0 Å². The van der Waals surface area contributed by atoms with Gasteiger partial charge in [0.1, 0.15) is 0 Å². The Morgan fingerprint density at radius 3 is 2.83 bits per heavy atom. The lowest BCUT2D eigenvalue weighted by molar-refractivity contribution is 0.0965. The number of carbonyl (C=O) groups excluding carboxylic acids is 1. The second-order valence-electron chi connectivity index (χ2n) is 3.22. The first kappa shape index (κ1) is 7.35. The van der Waals surface area contributed by atoms with Gasteiger partial charge in [-0.1, -0.05) is 12.1 Å². The highest BCUT2D eigenvalue weighted by Crippen LogP contribution is 2.21. The lowest BCUT2D eigenvalue weighted by Gasteiger charge is -2.03. The van der Waals surface area contributed by atoms with Crippen molar-refractivity contribution in [3.63, 3.8) is 0 Å². The predicted molar refractivity (Wildman–Crippen MR) is 47.1 cm³/mol. The molecule has 1 aliphatic rings. The van der Waals surface area contributed by atoms with Gasteiger partial charge in [-0.05, 0) is 30.5 Å². The third-order valence-electron chi connectivity index (χ3n) is 2.49. The summed E-state index contributed by atoms with van der Waals surface area (Å²) in [6.07, 6.45) is 0. The van der Waals surface area contributed by atoms with Crippen LogP contribution in [0, 0.1) is 13.8 Å². The number of hydrogen-bond donors (Lipinski definition) is 1. The van der Waals surface area contributed by atoms with Gasteiger partial charge in [0.15, 0.2) is 0 Å². The molecule has 2 rings (SSSR count). The van der Waals surface area contributed by atoms with Crippen LogP contribution in [0.25, 0.3) is 0 Å². The molecule has 1 amide bonds. The van der Waals surface area contributed by atoms with E-state index in [1.807, 2.05) is 19.9 Å². The molecule has 1 aliphatic heterocycles. The zero-order chi connectivity index (χ0) is 8.72. The fourth-order valence-electron chi connectivity index (χ4n) is 1.60. The maximum Gasteiger partial charge on any atom is 0.252 e. The summed E-state index contributed by atoms with van der Waals surface area (Å²) in [4.78, 5) is 11.3. The summed E-state index contributed by atoms with van der Waals surface area (Å²) in [5.41, 5.74) is 4.31. The van der Waals surface area contributed by atoms with Gasteiger partial charge in [-0.25, -0.2) is 0 Å². The average molecular weight is 161 g/mol. The van der Waals surface area contributed by atoms with Gasteiger partial charge in [-0.3, -0.25) is 4.79 Å². The zero-order valence-electron chi connectivity index (χ0n) is 7.27. The molecule has 0 spiro atoms. The van der Waals surface area contributed by atoms with E-state index in [-0.39, 0.29) is 5.91 Å². The van der Waals surface area contributed by atoms with Crippen LogP contribution in [0.15, 0.2) is 12.1 Å². The molecule has 2 nitrogen and oxygen atoms in total. The molecule has 0 unspecified atom stereocenters. The van der Waals surface area contributed by atoms with E-state index in [0.29, 0.717) is 6.54 Å². The molecule has 62 valence electrons. The Bertz CT molecular complexity index is 355. The third-order valence-corrected chi connectivity index (χ3v) is 2.49. The van der Waals surface area contributed by atoms with Crippen LogP contribution in [0.5, 0.6) is 0 Å². The number of aryl methyl sites for hydroxylation is 1. The van der Waals surface area contributed by atoms with Crippen molar-refractivity contribution in [3.8, 4) is 0 Å². The van der Waals surface area contributed by atoms with Gasteiger partial charge in [0, 0.05) is 12.1 Å². The fraction of sp³-hybridized carbons (Fsp3) is 0.300. The first-order valence-electron chi connectivity index (χ1n) is 4.07. The van der Waals surface area contributed by atoms with E-state index in [2.05, 4.69) is 11.4 Å². The highest BCUT2D eigenvalue weighted by Gasteiger charge is 2.20. The van der Waals surface area contributed by atoms with Crippen molar-refractivity contribution in [2.24, 2.45) is 0 Å². The van der Waals surface area contributed by atoms with Crippen LogP contribution in [0.3, 0.4) is 0 Å². The summed E-state index contributed by atoms with van der Waals surface area (Å²) < 4.78 is 0. The number of carbonyl (C=O) groups is 1. The van der Waals surface area contributed by atoms with Gasteiger partial charge in [0.25, 0.3) is 5.91 Å². The number of benzene rings is 1. The molecule has 12 heavy (non-hydrogen) atoms. The molecule has 0 aliphatic carbocycles. The van der Waals surface area contributed by atoms with Crippen molar-refractivity contribution in [3.05, 3.63) is 34.4 Å². The van der Waals surface area contributed by atoms with Crippen molar-refractivity contribution in [1.29, 1.82) is 0 Å². The minimum atomic E-state index is 0.0752. The van der Waals surface area contributed by atoms with E-state index in [1.165, 1.54) is 5.56 Å². The Balaban J connectivity index is 2.71. The number of rotatable bonds is 0. The molecule has 0 bridgehead atoms. The summed E-state index contributed by atoms with van der Waals surface area (Å²) in [6, 6.07) is 4.09. The fourth-order valence-corrected chi connectivity index (χ4v) is 1.60. The van der Waals surface area contributed by atoms with E-state index in [4.69, 9.17) is 0 Å². The van der Waals surface area contributed by atoms with E-state index in [1.54, 1.807) is 0 Å². The average Bonchev–Trinajstić information content (AvgIpc) is 2.41. The van der Waals surface area contributed by atoms with Crippen molar-refractivity contribution >= 4 is 5.91 Å². The smallest absolute Gasteiger partial charge is 0.252 e. The molecular weight excluding hydrogens is 150 g/mol. The van der Waals surface area contributed by atoms with Gasteiger partial charge < -0.3 is 5.32 Å². The van der Waals surface area contributed by atoms with Gasteiger partial charge in [0.2, 0.25) is 0 Å². The Kier molecular flexibility index (Phi) is 1.43. The molecule has 0 saturated heterocycles. The second kappa shape index (κ2) is 2.34. The number of hydrogen-bond acceptors (Lipinski definition) is 1. The Labute approximate surface area is 71.6 Å². The molecule has 0 radical (unpaired) electrons. The SMILES string of the molecule is Cc1ccc2c(c1C)C(=O)NC2. The molecule has 1 heterocycles. The monoisotopic (exact) mass is 161 g/mol. The Morgan fingerprint density at radius 2 is 2.08 bits per heavy atom. The standard InChI is InChI=1S/C10H11NO/c1-6-3-4-8-5-11-10(12)9(8)7(6)2/h3-4H,5H2,1-2H3,(H,11,12). The lowest BCUT2D eigenvalue weighted by Crippen LogP contribution is -2.13. The van der Waals surface area contributed by atoms with Crippen LogP contribution in [0.1, 0.15) is 27.0 Å². The van der Waals surface area contributed by atoms with E-state index < -0.39 is 0 Å². The van der Waals surface area contributed by atoms with Crippen LogP contribution in [0.4, 0.5) is 0 Å². The normalized spacial score (nSPS) is 14.3. The summed E-state index contributed by atoms with van der Waals surface area (Å²) in [5.74, 6) is 0.0752. The summed E-state index contributed by atoms with van der Waals surface area (Å²) in [6.45, 7) is 4.72. The maximum absolute atomic E-state index is 11.3. The van der Waals surface area contributed by atoms with Crippen LogP contribution in [0.2, 0.25) is 0 Å². The highest BCUT2D eigenvalue weighted by atomic mass is 16.1. The summed E-state index contributed by atoms with van der Waals surface area (Å²) in [7, 11) is 0. The first-order chi connectivity index (χ1) is 5.70. The van der Waals surface area contributed by atoms with Crippen molar-refractivity contribution in [2.75, 3.05) is 0 Å². The minimum absolute atomic E-state index is 0.0752. The molecular formula is C10H11NO. The highest BCUT2D eigenvalue weighted by molar-refractivity contribution is 5.99. The topological polar surface area (TPSA) is 29.1 Å². The molecule has 0 atom stereocenters. The number of fused-ring (bicyclic) bond motifs is 1. The molecule has 2 heteroatoms. The van der Waals surface area contributed by atoms with Gasteiger partial charge >= 0.3 is 0 Å². The maximum atomic E-state index is 11.3. The van der Waals surface area contributed by atoms with E-state index in [0.717, 1.165) is 16.7 Å². The van der Waals surface area contributed by atoms with Crippen LogP contribution < -0.4 is 5.32 Å². The molecule has 1 aromatic rings. The van der Waals surface area contributed by atoms with Crippen LogP contribution in [-0.4, -0.2) is 5.91 Å². The molecule has 1 aromatic carbocycles. The van der Waals surface area contributed by atoms with Crippen LogP contribution >= 0.6 is 0 Å². The Morgan fingerprint density at radius 1 is 1.33 bits per heavy atom. The van der Waals surface area contributed by atoms with Gasteiger partial charge in [-0.15, -0.1) is 0 Å². The predicted octanol–water partition coefficient (Wildman–Crippen LogP) is 1.55. The third kappa shape index (κ3) is 0.843. The van der Waals surface area contributed by atoms with Crippen molar-refractivity contribution < 1.29 is 4.79 Å². The largest absolute Gasteiger partial charge is 0.348 e. The lowest BCUT2D eigenvalue weighted by atomic mass is 10.00. The molecule has 0 saturated carbocycles. The quantitative estimate of drug-likeness (QED) is 0.614. The molecule has 0 aromatic heterocycles.